The summed E-state index contributed by atoms with van der Waals surface area (Å²) < 4.78 is 1.84. The summed E-state index contributed by atoms with van der Waals surface area (Å²) in [6.07, 6.45) is 4.28. The molecule has 0 bridgehead atoms. The van der Waals surface area contributed by atoms with Crippen LogP contribution in [0.15, 0.2) is 24.5 Å². The molecule has 0 aliphatic carbocycles. The highest BCUT2D eigenvalue weighted by Crippen LogP contribution is 2.24. The summed E-state index contributed by atoms with van der Waals surface area (Å²) in [5, 5.41) is 3.07. The van der Waals surface area contributed by atoms with Crippen LogP contribution in [0.4, 0.5) is 11.4 Å². The van der Waals surface area contributed by atoms with E-state index in [-0.39, 0.29) is 11.1 Å². The van der Waals surface area contributed by atoms with Crippen LogP contribution in [-0.4, -0.2) is 15.5 Å². The first-order valence-electron chi connectivity index (χ1n) is 6.41. The van der Waals surface area contributed by atoms with Crippen molar-refractivity contribution in [1.82, 2.24) is 9.55 Å². The topological polar surface area (TPSA) is 72.9 Å². The first-order valence-corrected chi connectivity index (χ1v) is 6.78. The Morgan fingerprint density at radius 1 is 1.55 bits per heavy atom. The monoisotopic (exact) mass is 292 g/mol. The van der Waals surface area contributed by atoms with E-state index < -0.39 is 0 Å². The van der Waals surface area contributed by atoms with Crippen LogP contribution < -0.4 is 11.1 Å². The van der Waals surface area contributed by atoms with Crippen molar-refractivity contribution in [3.05, 3.63) is 40.9 Å². The Labute approximate surface area is 122 Å². The highest BCUT2D eigenvalue weighted by atomic mass is 35.5. The molecule has 0 fully saturated rings. The Balaban J connectivity index is 2.28. The molecule has 0 atom stereocenters. The molecule has 0 spiro atoms. The summed E-state index contributed by atoms with van der Waals surface area (Å²) in [5.74, 6) is -0.242. The number of nitrogens with two attached hydrogens (primary N) is 1. The lowest BCUT2D eigenvalue weighted by Crippen LogP contribution is -2.17. The summed E-state index contributed by atoms with van der Waals surface area (Å²) in [6.45, 7) is 4.64. The standard InChI is InChI=1S/C14H17ClN4O/c1-3-6-19-8-10(16)7-11(19)14(20)18-12-9(2)4-5-17-13(12)15/h4-5,7-8H,3,6,16H2,1-2H3,(H,18,20). The van der Waals surface area contributed by atoms with Gasteiger partial charge in [0, 0.05) is 18.9 Å². The van der Waals surface area contributed by atoms with E-state index in [4.69, 9.17) is 17.3 Å². The molecule has 0 unspecified atom stereocenters. The molecule has 5 nitrogen and oxygen atoms in total. The lowest BCUT2D eigenvalue weighted by Gasteiger charge is -2.11. The van der Waals surface area contributed by atoms with E-state index in [1.807, 2.05) is 18.4 Å². The van der Waals surface area contributed by atoms with Gasteiger partial charge in [0.15, 0.2) is 5.15 Å². The lowest BCUT2D eigenvalue weighted by molar-refractivity contribution is 0.101. The van der Waals surface area contributed by atoms with Crippen LogP contribution in [0.1, 0.15) is 29.4 Å². The number of amides is 1. The molecule has 2 aromatic heterocycles. The molecule has 106 valence electrons. The number of hydrogen-bond acceptors (Lipinski definition) is 3. The number of carbonyl (C=O) groups excluding carboxylic acids is 1. The van der Waals surface area contributed by atoms with E-state index in [0.29, 0.717) is 17.1 Å². The van der Waals surface area contributed by atoms with Crippen molar-refractivity contribution in [3.8, 4) is 0 Å². The van der Waals surface area contributed by atoms with Crippen LogP contribution in [0, 0.1) is 6.92 Å². The second kappa shape index (κ2) is 5.96. The van der Waals surface area contributed by atoms with E-state index in [2.05, 4.69) is 10.3 Å². The molecule has 0 aliphatic rings. The normalized spacial score (nSPS) is 10.6. The molecule has 0 aliphatic heterocycles. The molecule has 0 saturated carbocycles. The van der Waals surface area contributed by atoms with Gasteiger partial charge in [0.05, 0.1) is 11.4 Å². The molecule has 2 heterocycles. The number of nitrogen functional groups attached to an aromatic ring is 1. The number of pyridine rings is 1. The highest BCUT2D eigenvalue weighted by molar-refractivity contribution is 6.32. The Morgan fingerprint density at radius 3 is 2.95 bits per heavy atom. The minimum absolute atomic E-state index is 0.242. The summed E-state index contributed by atoms with van der Waals surface area (Å²) in [5.41, 5.74) is 8.24. The third-order valence-corrected chi connectivity index (χ3v) is 3.25. The smallest absolute Gasteiger partial charge is 0.272 e. The molecular weight excluding hydrogens is 276 g/mol. The fourth-order valence-corrected chi connectivity index (χ4v) is 2.25. The van der Waals surface area contributed by atoms with Gasteiger partial charge in [-0.05, 0) is 31.0 Å². The fraction of sp³-hybridized carbons (Fsp3) is 0.286. The SMILES string of the molecule is CCCn1cc(N)cc1C(=O)Nc1c(C)ccnc1Cl. The van der Waals surface area contributed by atoms with Crippen molar-refractivity contribution in [2.75, 3.05) is 11.1 Å². The maximum Gasteiger partial charge on any atom is 0.272 e. The van der Waals surface area contributed by atoms with E-state index >= 15 is 0 Å². The van der Waals surface area contributed by atoms with Crippen molar-refractivity contribution in [3.63, 3.8) is 0 Å². The number of aryl methyl sites for hydroxylation is 2. The zero-order valence-electron chi connectivity index (χ0n) is 11.5. The highest BCUT2D eigenvalue weighted by Gasteiger charge is 2.15. The second-order valence-electron chi connectivity index (χ2n) is 4.60. The number of nitrogens with one attached hydrogen (secondary N) is 1. The van der Waals surface area contributed by atoms with Gasteiger partial charge < -0.3 is 15.6 Å². The van der Waals surface area contributed by atoms with Crippen molar-refractivity contribution in [1.29, 1.82) is 0 Å². The van der Waals surface area contributed by atoms with Crippen LogP contribution in [-0.2, 0) is 6.54 Å². The lowest BCUT2D eigenvalue weighted by atomic mass is 10.2. The number of halogens is 1. The van der Waals surface area contributed by atoms with Gasteiger partial charge in [0.25, 0.3) is 5.91 Å². The van der Waals surface area contributed by atoms with Gasteiger partial charge in [0.2, 0.25) is 0 Å². The van der Waals surface area contributed by atoms with Gasteiger partial charge in [-0.1, -0.05) is 18.5 Å². The predicted octanol–water partition coefficient (Wildman–Crippen LogP) is 3.09. The molecule has 0 saturated heterocycles. The first-order chi connectivity index (χ1) is 9.52. The van der Waals surface area contributed by atoms with Crippen molar-refractivity contribution in [2.45, 2.75) is 26.8 Å². The number of carbonyl (C=O) groups is 1. The van der Waals surface area contributed by atoms with E-state index in [9.17, 15) is 4.79 Å². The van der Waals surface area contributed by atoms with Crippen LogP contribution in [0.25, 0.3) is 0 Å². The zero-order valence-corrected chi connectivity index (χ0v) is 12.2. The molecule has 0 aromatic carbocycles. The molecule has 0 radical (unpaired) electrons. The van der Waals surface area contributed by atoms with Gasteiger partial charge in [-0.25, -0.2) is 4.98 Å². The number of anilines is 2. The molecule has 20 heavy (non-hydrogen) atoms. The minimum atomic E-state index is -0.242. The third kappa shape index (κ3) is 2.93. The Morgan fingerprint density at radius 2 is 2.30 bits per heavy atom. The third-order valence-electron chi connectivity index (χ3n) is 2.97. The Hall–Kier alpha value is -2.01. The van der Waals surface area contributed by atoms with Crippen molar-refractivity contribution < 1.29 is 4.79 Å². The first kappa shape index (κ1) is 14.4. The van der Waals surface area contributed by atoms with Crippen LogP contribution in [0.2, 0.25) is 5.15 Å². The number of hydrogen-bond donors (Lipinski definition) is 2. The van der Waals surface area contributed by atoms with Gasteiger partial charge in [-0.3, -0.25) is 4.79 Å². The number of rotatable bonds is 4. The molecule has 1 amide bonds. The second-order valence-corrected chi connectivity index (χ2v) is 4.96. The summed E-state index contributed by atoms with van der Waals surface area (Å²) in [7, 11) is 0. The maximum absolute atomic E-state index is 12.4. The molecule has 6 heteroatoms. The number of nitrogens with zero attached hydrogens (tertiary/aromatic N) is 2. The van der Waals surface area contributed by atoms with E-state index in [1.165, 1.54) is 0 Å². The summed E-state index contributed by atoms with van der Waals surface area (Å²) in [4.78, 5) is 16.3. The maximum atomic E-state index is 12.4. The van der Waals surface area contributed by atoms with Crippen molar-refractivity contribution >= 4 is 28.9 Å². The van der Waals surface area contributed by atoms with Gasteiger partial charge >= 0.3 is 0 Å². The summed E-state index contributed by atoms with van der Waals surface area (Å²) in [6, 6.07) is 3.45. The van der Waals surface area contributed by atoms with Crippen LogP contribution in [0.5, 0.6) is 0 Å². The zero-order chi connectivity index (χ0) is 14.7. The van der Waals surface area contributed by atoms with Crippen molar-refractivity contribution in [2.24, 2.45) is 0 Å². The average Bonchev–Trinajstić information content (AvgIpc) is 2.75. The molecule has 2 rings (SSSR count). The number of aromatic nitrogens is 2. The molecule has 2 aromatic rings. The van der Waals surface area contributed by atoms with E-state index in [0.717, 1.165) is 18.5 Å². The fourth-order valence-electron chi connectivity index (χ4n) is 2.00. The minimum Gasteiger partial charge on any atom is -0.397 e. The van der Waals surface area contributed by atoms with Gasteiger partial charge in [-0.2, -0.15) is 0 Å². The largest absolute Gasteiger partial charge is 0.397 e. The Kier molecular flexibility index (Phi) is 4.29. The van der Waals surface area contributed by atoms with Gasteiger partial charge in [0.1, 0.15) is 5.69 Å². The molecule has 3 N–H and O–H groups in total. The van der Waals surface area contributed by atoms with Gasteiger partial charge in [-0.15, -0.1) is 0 Å². The summed E-state index contributed by atoms with van der Waals surface area (Å²) >= 11 is 6.01. The van der Waals surface area contributed by atoms with Crippen LogP contribution in [0.3, 0.4) is 0 Å². The predicted molar refractivity (Wildman–Crippen MR) is 81.1 cm³/mol. The van der Waals surface area contributed by atoms with Crippen LogP contribution >= 0.6 is 11.6 Å². The van der Waals surface area contributed by atoms with E-state index in [1.54, 1.807) is 24.5 Å². The molecular formula is C14H17ClN4O. The quantitative estimate of drug-likeness (QED) is 0.851. The average molecular weight is 293 g/mol. The Bertz CT molecular complexity index is 616.